The first-order chi connectivity index (χ1) is 13.1. The highest BCUT2D eigenvalue weighted by molar-refractivity contribution is 7.98. The van der Waals surface area contributed by atoms with Crippen LogP contribution in [0.15, 0.2) is 82.7 Å². The second-order valence-corrected chi connectivity index (χ2v) is 7.23. The average Bonchev–Trinajstić information content (AvgIpc) is 2.68. The van der Waals surface area contributed by atoms with Crippen LogP contribution in [0.4, 0.5) is 4.39 Å². The van der Waals surface area contributed by atoms with Crippen molar-refractivity contribution in [3.05, 3.63) is 99.6 Å². The van der Waals surface area contributed by atoms with Gasteiger partial charge in [-0.3, -0.25) is 9.36 Å². The van der Waals surface area contributed by atoms with E-state index in [9.17, 15) is 9.18 Å². The van der Waals surface area contributed by atoms with Crippen molar-refractivity contribution in [3.63, 3.8) is 0 Å². The van der Waals surface area contributed by atoms with Gasteiger partial charge in [-0.15, -0.1) is 0 Å². The molecular weight excluding hydrogens is 383 g/mol. The first-order valence-corrected chi connectivity index (χ1v) is 9.64. The van der Waals surface area contributed by atoms with E-state index in [1.54, 1.807) is 28.8 Å². The minimum Gasteiger partial charge on any atom is -0.268 e. The minimum absolute atomic E-state index is 0.158. The summed E-state index contributed by atoms with van der Waals surface area (Å²) < 4.78 is 15.7. The van der Waals surface area contributed by atoms with E-state index >= 15 is 0 Å². The number of benzene rings is 3. The van der Waals surface area contributed by atoms with E-state index in [2.05, 4.69) is 4.98 Å². The summed E-state index contributed by atoms with van der Waals surface area (Å²) in [6.07, 6.45) is 0. The third-order valence-corrected chi connectivity index (χ3v) is 5.49. The molecule has 0 N–H and O–H groups in total. The van der Waals surface area contributed by atoms with Crippen molar-refractivity contribution in [2.24, 2.45) is 0 Å². The van der Waals surface area contributed by atoms with Crippen LogP contribution >= 0.6 is 23.4 Å². The van der Waals surface area contributed by atoms with Gasteiger partial charge >= 0.3 is 0 Å². The Morgan fingerprint density at radius 1 is 0.963 bits per heavy atom. The van der Waals surface area contributed by atoms with E-state index in [0.717, 1.165) is 0 Å². The normalized spacial score (nSPS) is 11.0. The topological polar surface area (TPSA) is 34.9 Å². The number of para-hydroxylation sites is 2. The Morgan fingerprint density at radius 2 is 1.70 bits per heavy atom. The van der Waals surface area contributed by atoms with Crippen molar-refractivity contribution in [2.75, 3.05) is 0 Å². The number of aromatic nitrogens is 2. The summed E-state index contributed by atoms with van der Waals surface area (Å²) in [5.74, 6) is -0.104. The van der Waals surface area contributed by atoms with E-state index in [0.29, 0.717) is 32.3 Å². The fraction of sp³-hybridized carbons (Fsp3) is 0.0476. The van der Waals surface area contributed by atoms with Gasteiger partial charge in [0.1, 0.15) is 5.82 Å². The Labute approximate surface area is 164 Å². The van der Waals surface area contributed by atoms with Crippen LogP contribution in [-0.4, -0.2) is 9.55 Å². The highest BCUT2D eigenvalue weighted by Gasteiger charge is 2.15. The molecule has 3 aromatic carbocycles. The lowest BCUT2D eigenvalue weighted by molar-refractivity contribution is 0.617. The lowest BCUT2D eigenvalue weighted by Crippen LogP contribution is -2.21. The van der Waals surface area contributed by atoms with Crippen LogP contribution in [0.25, 0.3) is 16.6 Å². The van der Waals surface area contributed by atoms with Crippen molar-refractivity contribution >= 4 is 34.3 Å². The van der Waals surface area contributed by atoms with Crippen LogP contribution in [0.3, 0.4) is 0 Å². The standard InChI is InChI=1S/C21H14ClFN2OS/c22-17-10-6-11-18(23)16(17)13-27-21-24-19-12-5-4-9-15(19)20(26)25(21)14-7-2-1-3-8-14/h1-12H,13H2. The molecule has 1 aromatic heterocycles. The fourth-order valence-electron chi connectivity index (χ4n) is 2.82. The quantitative estimate of drug-likeness (QED) is 0.339. The maximum absolute atomic E-state index is 14.1. The monoisotopic (exact) mass is 396 g/mol. The molecule has 27 heavy (non-hydrogen) atoms. The molecule has 0 spiro atoms. The summed E-state index contributed by atoms with van der Waals surface area (Å²) in [5, 5.41) is 1.38. The van der Waals surface area contributed by atoms with Crippen LogP contribution in [0.1, 0.15) is 5.56 Å². The van der Waals surface area contributed by atoms with Gasteiger partial charge in [-0.25, -0.2) is 9.37 Å². The molecule has 1 heterocycles. The van der Waals surface area contributed by atoms with Crippen LogP contribution < -0.4 is 5.56 Å². The molecule has 0 unspecified atom stereocenters. The summed E-state index contributed by atoms with van der Waals surface area (Å²) >= 11 is 7.42. The molecular formula is C21H14ClFN2OS. The lowest BCUT2D eigenvalue weighted by atomic mass is 10.2. The minimum atomic E-state index is -0.371. The van der Waals surface area contributed by atoms with Gasteiger partial charge in [0.2, 0.25) is 0 Å². The molecule has 0 bridgehead atoms. The molecule has 4 aromatic rings. The van der Waals surface area contributed by atoms with Crippen LogP contribution in [-0.2, 0) is 5.75 Å². The zero-order valence-corrected chi connectivity index (χ0v) is 15.7. The van der Waals surface area contributed by atoms with Gasteiger partial charge in [0.15, 0.2) is 5.16 Å². The number of thioether (sulfide) groups is 1. The molecule has 0 aliphatic carbocycles. The number of hydrogen-bond donors (Lipinski definition) is 0. The maximum atomic E-state index is 14.1. The number of halogens is 2. The van der Waals surface area contributed by atoms with E-state index in [4.69, 9.17) is 11.6 Å². The van der Waals surface area contributed by atoms with Gasteiger partial charge in [-0.1, -0.05) is 59.8 Å². The molecule has 0 aliphatic heterocycles. The summed E-state index contributed by atoms with van der Waals surface area (Å²) in [6.45, 7) is 0. The van der Waals surface area contributed by atoms with Gasteiger partial charge in [0, 0.05) is 16.3 Å². The largest absolute Gasteiger partial charge is 0.268 e. The molecule has 0 saturated carbocycles. The molecule has 6 heteroatoms. The predicted octanol–water partition coefficient (Wildman–Crippen LogP) is 5.47. The zero-order chi connectivity index (χ0) is 18.8. The van der Waals surface area contributed by atoms with Gasteiger partial charge in [-0.05, 0) is 36.4 Å². The Bertz CT molecular complexity index is 1160. The van der Waals surface area contributed by atoms with E-state index in [1.807, 2.05) is 42.5 Å². The number of rotatable bonds is 4. The lowest BCUT2D eigenvalue weighted by Gasteiger charge is -2.13. The molecule has 0 radical (unpaired) electrons. The summed E-state index contributed by atoms with van der Waals surface area (Å²) in [7, 11) is 0. The third kappa shape index (κ3) is 3.48. The summed E-state index contributed by atoms with van der Waals surface area (Å²) in [6, 6.07) is 21.1. The van der Waals surface area contributed by atoms with E-state index in [1.165, 1.54) is 17.8 Å². The van der Waals surface area contributed by atoms with Crippen molar-refractivity contribution in [3.8, 4) is 5.69 Å². The number of fused-ring (bicyclic) bond motifs is 1. The summed E-state index contributed by atoms with van der Waals surface area (Å²) in [5.41, 5.74) is 1.56. The zero-order valence-electron chi connectivity index (χ0n) is 14.1. The molecule has 0 aliphatic rings. The second kappa shape index (κ2) is 7.55. The number of nitrogens with zero attached hydrogens (tertiary/aromatic N) is 2. The molecule has 134 valence electrons. The van der Waals surface area contributed by atoms with Crippen LogP contribution in [0, 0.1) is 5.82 Å². The maximum Gasteiger partial charge on any atom is 0.266 e. The van der Waals surface area contributed by atoms with Crippen LogP contribution in [0.5, 0.6) is 0 Å². The van der Waals surface area contributed by atoms with Gasteiger partial charge in [0.25, 0.3) is 5.56 Å². The van der Waals surface area contributed by atoms with Crippen molar-refractivity contribution in [1.82, 2.24) is 9.55 Å². The molecule has 0 saturated heterocycles. The van der Waals surface area contributed by atoms with Crippen LogP contribution in [0.2, 0.25) is 5.02 Å². The van der Waals surface area contributed by atoms with Crippen molar-refractivity contribution in [2.45, 2.75) is 10.9 Å². The highest BCUT2D eigenvalue weighted by atomic mass is 35.5. The molecule has 4 rings (SSSR count). The molecule has 0 amide bonds. The number of hydrogen-bond acceptors (Lipinski definition) is 3. The fourth-order valence-corrected chi connectivity index (χ4v) is 4.18. The summed E-state index contributed by atoms with van der Waals surface area (Å²) in [4.78, 5) is 17.8. The van der Waals surface area contributed by atoms with Gasteiger partial charge < -0.3 is 0 Å². The first kappa shape index (κ1) is 17.8. The third-order valence-electron chi connectivity index (χ3n) is 4.17. The average molecular weight is 397 g/mol. The highest BCUT2D eigenvalue weighted by Crippen LogP contribution is 2.29. The van der Waals surface area contributed by atoms with Gasteiger partial charge in [0.05, 0.1) is 16.6 Å². The first-order valence-electron chi connectivity index (χ1n) is 8.28. The Morgan fingerprint density at radius 3 is 2.48 bits per heavy atom. The smallest absolute Gasteiger partial charge is 0.266 e. The Hall–Kier alpha value is -2.63. The molecule has 0 fully saturated rings. The van der Waals surface area contributed by atoms with E-state index < -0.39 is 0 Å². The van der Waals surface area contributed by atoms with Crippen molar-refractivity contribution < 1.29 is 4.39 Å². The molecule has 3 nitrogen and oxygen atoms in total. The predicted molar refractivity (Wildman–Crippen MR) is 108 cm³/mol. The van der Waals surface area contributed by atoms with Gasteiger partial charge in [-0.2, -0.15) is 0 Å². The molecule has 0 atom stereocenters. The SMILES string of the molecule is O=c1c2ccccc2nc(SCc2c(F)cccc2Cl)n1-c1ccccc1. The Balaban J connectivity index is 1.85. The van der Waals surface area contributed by atoms with E-state index in [-0.39, 0.29) is 17.1 Å². The second-order valence-electron chi connectivity index (χ2n) is 5.88. The Kier molecular flexibility index (Phi) is 4.97. The van der Waals surface area contributed by atoms with Crippen molar-refractivity contribution in [1.29, 1.82) is 0 Å².